The third-order valence-electron chi connectivity index (χ3n) is 3.83. The van der Waals surface area contributed by atoms with Gasteiger partial charge in [0, 0.05) is 5.56 Å². The summed E-state index contributed by atoms with van der Waals surface area (Å²) in [6, 6.07) is 6.95. The number of anilines is 1. The number of hydrogen-bond acceptors (Lipinski definition) is 6. The van der Waals surface area contributed by atoms with Crippen molar-refractivity contribution >= 4 is 29.5 Å². The third kappa shape index (κ3) is 3.63. The normalized spacial score (nSPS) is 16.7. The van der Waals surface area contributed by atoms with Gasteiger partial charge in [-0.2, -0.15) is 5.10 Å². The van der Waals surface area contributed by atoms with Gasteiger partial charge >= 0.3 is 5.97 Å². The molecule has 0 aliphatic carbocycles. The van der Waals surface area contributed by atoms with Crippen LogP contribution in [0.5, 0.6) is 5.75 Å². The van der Waals surface area contributed by atoms with Gasteiger partial charge < -0.3 is 15.2 Å². The molecule has 2 aromatic rings. The summed E-state index contributed by atoms with van der Waals surface area (Å²) in [7, 11) is 0. The molecule has 1 aliphatic heterocycles. The molecular weight excluding hydrogens is 342 g/mol. The Kier molecular flexibility index (Phi) is 4.98. The summed E-state index contributed by atoms with van der Waals surface area (Å²) in [5.74, 6) is 0.383. The van der Waals surface area contributed by atoms with Crippen LogP contribution in [0.25, 0.3) is 0 Å². The van der Waals surface area contributed by atoms with E-state index in [2.05, 4.69) is 10.4 Å². The number of benzene rings is 1. The molecule has 0 bridgehead atoms. The van der Waals surface area contributed by atoms with Crippen LogP contribution in [0.15, 0.2) is 24.3 Å². The fourth-order valence-electron chi connectivity index (χ4n) is 2.85. The molecule has 1 aromatic heterocycles. The molecule has 0 saturated heterocycles. The minimum Gasteiger partial charge on any atom is -0.508 e. The number of carbonyl (C=O) groups is 2. The van der Waals surface area contributed by atoms with Gasteiger partial charge in [0.1, 0.15) is 18.1 Å². The first kappa shape index (κ1) is 17.3. The molecule has 25 heavy (non-hydrogen) atoms. The van der Waals surface area contributed by atoms with Crippen LogP contribution in [0.4, 0.5) is 5.82 Å². The summed E-state index contributed by atoms with van der Waals surface area (Å²) in [5.41, 5.74) is 2.44. The molecule has 0 saturated carbocycles. The summed E-state index contributed by atoms with van der Waals surface area (Å²) in [4.78, 5) is 24.0. The molecule has 1 aromatic carbocycles. The lowest BCUT2D eigenvalue weighted by molar-refractivity contribution is -0.144. The van der Waals surface area contributed by atoms with Gasteiger partial charge in [0.15, 0.2) is 0 Å². The van der Waals surface area contributed by atoms with Crippen molar-refractivity contribution in [3.8, 4) is 5.75 Å². The number of carbonyl (C=O) groups excluding carboxylic acids is 2. The van der Waals surface area contributed by atoms with E-state index in [9.17, 15) is 14.7 Å². The highest BCUT2D eigenvalue weighted by atomic mass is 32.2. The summed E-state index contributed by atoms with van der Waals surface area (Å²) >= 11 is 1.46. The molecule has 1 unspecified atom stereocenters. The zero-order valence-corrected chi connectivity index (χ0v) is 14.8. The number of amides is 1. The number of rotatable bonds is 4. The van der Waals surface area contributed by atoms with E-state index in [0.29, 0.717) is 5.82 Å². The summed E-state index contributed by atoms with van der Waals surface area (Å²) in [6.07, 6.45) is 0. The number of aromatic nitrogens is 2. The first-order valence-electron chi connectivity index (χ1n) is 7.93. The number of nitrogens with zero attached hydrogens (tertiary/aromatic N) is 2. The van der Waals surface area contributed by atoms with E-state index in [0.717, 1.165) is 16.8 Å². The minimum atomic E-state index is -0.409. The van der Waals surface area contributed by atoms with Crippen molar-refractivity contribution in [1.82, 2.24) is 9.78 Å². The van der Waals surface area contributed by atoms with Crippen LogP contribution in [0.2, 0.25) is 0 Å². The molecule has 8 heteroatoms. The first-order chi connectivity index (χ1) is 12.0. The largest absolute Gasteiger partial charge is 0.508 e. The molecule has 2 heterocycles. The molecule has 2 N–H and O–H groups in total. The lowest BCUT2D eigenvalue weighted by Crippen LogP contribution is -2.20. The van der Waals surface area contributed by atoms with Crippen molar-refractivity contribution in [2.75, 3.05) is 17.7 Å². The predicted molar refractivity (Wildman–Crippen MR) is 94.6 cm³/mol. The summed E-state index contributed by atoms with van der Waals surface area (Å²) in [5, 5.41) is 16.9. The average molecular weight is 361 g/mol. The topological polar surface area (TPSA) is 93.5 Å². The second-order valence-corrected chi connectivity index (χ2v) is 6.74. The zero-order chi connectivity index (χ0) is 18.0. The van der Waals surface area contributed by atoms with Gasteiger partial charge in [-0.15, -0.1) is 11.8 Å². The Morgan fingerprint density at radius 2 is 2.32 bits per heavy atom. The molecule has 3 rings (SSSR count). The number of hydrogen-bond donors (Lipinski definition) is 2. The van der Waals surface area contributed by atoms with Gasteiger partial charge in [-0.05, 0) is 31.5 Å². The highest BCUT2D eigenvalue weighted by Gasteiger charge is 2.30. The van der Waals surface area contributed by atoms with E-state index in [1.807, 2.05) is 13.0 Å². The van der Waals surface area contributed by atoms with E-state index in [-0.39, 0.29) is 35.8 Å². The second-order valence-electron chi connectivity index (χ2n) is 5.64. The minimum absolute atomic E-state index is 0.0677. The lowest BCUT2D eigenvalue weighted by Gasteiger charge is -2.15. The maximum absolute atomic E-state index is 12.1. The molecule has 132 valence electrons. The van der Waals surface area contributed by atoms with E-state index in [4.69, 9.17) is 4.74 Å². The lowest BCUT2D eigenvalue weighted by atomic mass is 10.0. The van der Waals surface area contributed by atoms with Gasteiger partial charge in [-0.1, -0.05) is 12.1 Å². The van der Waals surface area contributed by atoms with E-state index in [1.165, 1.54) is 16.4 Å². The quantitative estimate of drug-likeness (QED) is 0.811. The molecular formula is C17H19N3O4S. The number of thioether (sulfide) groups is 1. The van der Waals surface area contributed by atoms with Crippen molar-refractivity contribution in [2.45, 2.75) is 25.6 Å². The van der Waals surface area contributed by atoms with Crippen LogP contribution in [0, 0.1) is 6.92 Å². The number of esters is 1. The van der Waals surface area contributed by atoms with Crippen molar-refractivity contribution in [2.24, 2.45) is 0 Å². The summed E-state index contributed by atoms with van der Waals surface area (Å²) in [6.45, 7) is 3.80. The number of nitrogens with one attached hydrogen (secondary N) is 1. The number of phenols is 1. The van der Waals surface area contributed by atoms with Gasteiger partial charge in [0.25, 0.3) is 0 Å². The number of aryl methyl sites for hydroxylation is 1. The van der Waals surface area contributed by atoms with Crippen LogP contribution in [-0.4, -0.2) is 39.1 Å². The molecule has 0 spiro atoms. The van der Waals surface area contributed by atoms with Gasteiger partial charge in [-0.25, -0.2) is 4.68 Å². The van der Waals surface area contributed by atoms with Crippen molar-refractivity contribution in [1.29, 1.82) is 0 Å². The molecule has 1 atom stereocenters. The Labute approximate surface area is 149 Å². The van der Waals surface area contributed by atoms with E-state index in [1.54, 1.807) is 25.1 Å². The van der Waals surface area contributed by atoms with Crippen LogP contribution in [-0.2, 0) is 20.9 Å². The molecule has 7 nitrogen and oxygen atoms in total. The molecule has 1 amide bonds. The predicted octanol–water partition coefficient (Wildman–Crippen LogP) is 2.23. The maximum Gasteiger partial charge on any atom is 0.327 e. The fourth-order valence-corrected chi connectivity index (χ4v) is 4.02. The van der Waals surface area contributed by atoms with Gasteiger partial charge in [-0.3, -0.25) is 9.59 Å². The van der Waals surface area contributed by atoms with Crippen LogP contribution < -0.4 is 5.32 Å². The van der Waals surface area contributed by atoms with Crippen LogP contribution in [0.3, 0.4) is 0 Å². The van der Waals surface area contributed by atoms with Crippen LogP contribution >= 0.6 is 11.8 Å². The number of ether oxygens (including phenoxy) is 1. The molecule has 0 radical (unpaired) electrons. The zero-order valence-electron chi connectivity index (χ0n) is 14.0. The van der Waals surface area contributed by atoms with Crippen LogP contribution in [0.1, 0.15) is 29.0 Å². The Morgan fingerprint density at radius 3 is 3.04 bits per heavy atom. The average Bonchev–Trinajstić information content (AvgIpc) is 2.74. The smallest absolute Gasteiger partial charge is 0.327 e. The van der Waals surface area contributed by atoms with Gasteiger partial charge in [0.05, 0.1) is 23.3 Å². The Hall–Kier alpha value is -2.48. The fraction of sp³-hybridized carbons (Fsp3) is 0.353. The summed E-state index contributed by atoms with van der Waals surface area (Å²) < 4.78 is 6.46. The van der Waals surface area contributed by atoms with E-state index >= 15 is 0 Å². The number of phenolic OH excluding ortho intramolecular Hbond substituents is 1. The van der Waals surface area contributed by atoms with E-state index < -0.39 is 5.97 Å². The van der Waals surface area contributed by atoms with Crippen molar-refractivity contribution < 1.29 is 19.4 Å². The Balaban J connectivity index is 2.05. The van der Waals surface area contributed by atoms with Gasteiger partial charge in [0.2, 0.25) is 5.91 Å². The molecule has 0 fully saturated rings. The van der Waals surface area contributed by atoms with Crippen molar-refractivity contribution in [3.05, 3.63) is 41.1 Å². The Morgan fingerprint density at radius 1 is 1.52 bits per heavy atom. The Bertz CT molecular complexity index is 818. The third-order valence-corrected chi connectivity index (χ3v) is 5.10. The standard InChI is InChI=1S/C17H19N3O4S/c1-3-24-14(23)8-20-17-15(10(2)19-20)16(25-9-13(22)18-17)11-5-4-6-12(21)7-11/h4-7,16,21H,3,8-9H2,1-2H3,(H,18,22). The second kappa shape index (κ2) is 7.18. The SMILES string of the molecule is CCOC(=O)Cn1nc(C)c2c1NC(=O)CSC2c1cccc(O)c1. The van der Waals surface area contributed by atoms with Crippen molar-refractivity contribution in [3.63, 3.8) is 0 Å². The maximum atomic E-state index is 12.1. The number of fused-ring (bicyclic) bond motifs is 1. The first-order valence-corrected chi connectivity index (χ1v) is 8.97. The highest BCUT2D eigenvalue weighted by molar-refractivity contribution is 8.00. The monoisotopic (exact) mass is 361 g/mol. The number of aromatic hydroxyl groups is 1. The highest BCUT2D eigenvalue weighted by Crippen LogP contribution is 2.43. The molecule has 1 aliphatic rings.